The van der Waals surface area contributed by atoms with E-state index in [-0.39, 0.29) is 11.6 Å². The van der Waals surface area contributed by atoms with Gasteiger partial charge in [0.25, 0.3) is 5.91 Å². The Hall–Kier alpha value is -2.34. The smallest absolute Gasteiger partial charge is 0.273 e. The summed E-state index contributed by atoms with van der Waals surface area (Å²) >= 11 is 3.42. The van der Waals surface area contributed by atoms with E-state index >= 15 is 0 Å². The van der Waals surface area contributed by atoms with E-state index in [0.29, 0.717) is 18.1 Å². The van der Waals surface area contributed by atoms with Gasteiger partial charge in [-0.15, -0.1) is 0 Å². The molecule has 0 saturated heterocycles. The quantitative estimate of drug-likeness (QED) is 0.753. The number of hydrogen-bond acceptors (Lipinski definition) is 4. The highest BCUT2D eigenvalue weighted by atomic mass is 79.9. The van der Waals surface area contributed by atoms with Crippen LogP contribution in [0.1, 0.15) is 16.1 Å². The lowest BCUT2D eigenvalue weighted by Gasteiger charge is -2.03. The predicted octanol–water partition coefficient (Wildman–Crippen LogP) is 3.67. The third-order valence-corrected chi connectivity index (χ3v) is 3.59. The summed E-state index contributed by atoms with van der Waals surface area (Å²) in [5, 5.41) is 6.58. The highest BCUT2D eigenvalue weighted by molar-refractivity contribution is 9.10. The van der Waals surface area contributed by atoms with E-state index in [0.717, 1.165) is 16.5 Å². The Balaban J connectivity index is 1.56. The van der Waals surface area contributed by atoms with Crippen molar-refractivity contribution in [2.75, 3.05) is 6.54 Å². The summed E-state index contributed by atoms with van der Waals surface area (Å²) in [6.07, 6.45) is 2.28. The molecule has 0 radical (unpaired) electrons. The molecule has 0 bridgehead atoms. The van der Waals surface area contributed by atoms with Crippen molar-refractivity contribution in [3.63, 3.8) is 0 Å². The molecule has 2 aromatic heterocycles. The van der Waals surface area contributed by atoms with Crippen LogP contribution in [0.25, 0.3) is 11.5 Å². The monoisotopic (exact) mass is 360 g/mol. The topological polar surface area (TPSA) is 68.3 Å². The molecular weight excluding hydrogens is 348 g/mol. The molecule has 1 amide bonds. The van der Waals surface area contributed by atoms with Gasteiger partial charge in [-0.05, 0) is 36.2 Å². The fourth-order valence-corrected chi connectivity index (χ4v) is 2.47. The Bertz CT molecular complexity index is 765. The summed E-state index contributed by atoms with van der Waals surface area (Å²) in [7, 11) is 0. The molecule has 1 N–H and O–H groups in total. The van der Waals surface area contributed by atoms with Crippen LogP contribution in [0.3, 0.4) is 0 Å². The molecule has 0 aliphatic rings. The van der Waals surface area contributed by atoms with Gasteiger partial charge < -0.3 is 14.3 Å². The van der Waals surface area contributed by atoms with Crippen molar-refractivity contribution >= 4 is 21.8 Å². The third kappa shape index (κ3) is 3.46. The van der Waals surface area contributed by atoms with E-state index in [1.54, 1.807) is 18.2 Å². The molecule has 0 atom stereocenters. The number of benzene rings is 1. The second-order valence-corrected chi connectivity index (χ2v) is 5.61. The molecule has 2 heterocycles. The first-order valence-corrected chi connectivity index (χ1v) is 7.55. The van der Waals surface area contributed by atoms with Crippen LogP contribution in [0.5, 0.6) is 0 Å². The van der Waals surface area contributed by atoms with Crippen molar-refractivity contribution in [1.82, 2.24) is 10.5 Å². The lowest BCUT2D eigenvalue weighted by Crippen LogP contribution is -2.25. The van der Waals surface area contributed by atoms with E-state index in [2.05, 4.69) is 26.4 Å². The zero-order chi connectivity index (χ0) is 15.4. The number of carbonyl (C=O) groups is 1. The van der Waals surface area contributed by atoms with Gasteiger partial charge in [0, 0.05) is 17.1 Å². The second kappa shape index (κ2) is 6.62. The summed E-state index contributed by atoms with van der Waals surface area (Å²) in [5.41, 5.74) is 1.38. The Morgan fingerprint density at radius 1 is 1.18 bits per heavy atom. The van der Waals surface area contributed by atoms with Crippen molar-refractivity contribution < 1.29 is 13.7 Å². The van der Waals surface area contributed by atoms with E-state index in [1.807, 2.05) is 24.3 Å². The molecule has 0 saturated carbocycles. The van der Waals surface area contributed by atoms with Gasteiger partial charge in [0.15, 0.2) is 11.5 Å². The molecule has 6 heteroatoms. The molecule has 0 fully saturated rings. The summed E-state index contributed by atoms with van der Waals surface area (Å²) in [6, 6.07) is 13.0. The van der Waals surface area contributed by atoms with Crippen LogP contribution in [0.15, 0.2) is 62.1 Å². The molecule has 0 aliphatic heterocycles. The second-order valence-electron chi connectivity index (χ2n) is 4.69. The van der Waals surface area contributed by atoms with Gasteiger partial charge in [0.1, 0.15) is 0 Å². The van der Waals surface area contributed by atoms with Crippen LogP contribution in [-0.4, -0.2) is 17.6 Å². The average Bonchev–Trinajstić information content (AvgIpc) is 3.18. The summed E-state index contributed by atoms with van der Waals surface area (Å²) in [6.45, 7) is 0.526. The van der Waals surface area contributed by atoms with E-state index < -0.39 is 0 Å². The molecule has 0 spiro atoms. The van der Waals surface area contributed by atoms with Crippen molar-refractivity contribution in [2.24, 2.45) is 0 Å². The minimum atomic E-state index is -0.267. The van der Waals surface area contributed by atoms with Crippen molar-refractivity contribution in [3.05, 3.63) is 64.5 Å². The highest BCUT2D eigenvalue weighted by Gasteiger charge is 2.14. The molecule has 112 valence electrons. The number of rotatable bonds is 5. The van der Waals surface area contributed by atoms with E-state index in [4.69, 9.17) is 8.94 Å². The summed E-state index contributed by atoms with van der Waals surface area (Å²) < 4.78 is 11.3. The first-order chi connectivity index (χ1) is 10.7. The van der Waals surface area contributed by atoms with Crippen LogP contribution < -0.4 is 5.32 Å². The SMILES string of the molecule is O=C(NCCc1cccc(Br)c1)c1cc(-c2ccco2)on1. The third-order valence-electron chi connectivity index (χ3n) is 3.10. The highest BCUT2D eigenvalue weighted by Crippen LogP contribution is 2.20. The molecule has 1 aromatic carbocycles. The van der Waals surface area contributed by atoms with Crippen LogP contribution >= 0.6 is 15.9 Å². The maximum absolute atomic E-state index is 12.0. The molecule has 5 nitrogen and oxygen atoms in total. The molecule has 3 aromatic rings. The van der Waals surface area contributed by atoms with Crippen LogP contribution in [0.2, 0.25) is 0 Å². The lowest BCUT2D eigenvalue weighted by molar-refractivity contribution is 0.0945. The number of nitrogens with one attached hydrogen (secondary N) is 1. The van der Waals surface area contributed by atoms with E-state index in [1.165, 1.54) is 6.26 Å². The Morgan fingerprint density at radius 3 is 2.86 bits per heavy atom. The maximum Gasteiger partial charge on any atom is 0.273 e. The molecule has 3 rings (SSSR count). The number of aromatic nitrogens is 1. The molecule has 22 heavy (non-hydrogen) atoms. The first kappa shape index (κ1) is 14.6. The maximum atomic E-state index is 12.0. The molecular formula is C16H13BrN2O3. The summed E-state index contributed by atoms with van der Waals surface area (Å²) in [5.74, 6) is 0.708. The average molecular weight is 361 g/mol. The van der Waals surface area contributed by atoms with E-state index in [9.17, 15) is 4.79 Å². The Kier molecular flexibility index (Phi) is 4.39. The van der Waals surface area contributed by atoms with Crippen molar-refractivity contribution in [3.8, 4) is 11.5 Å². The van der Waals surface area contributed by atoms with Crippen molar-refractivity contribution in [1.29, 1.82) is 0 Å². The van der Waals surface area contributed by atoms with Crippen LogP contribution in [0, 0.1) is 0 Å². The van der Waals surface area contributed by atoms with Gasteiger partial charge in [-0.3, -0.25) is 4.79 Å². The minimum Gasteiger partial charge on any atom is -0.461 e. The van der Waals surface area contributed by atoms with Gasteiger partial charge in [-0.2, -0.15) is 0 Å². The first-order valence-electron chi connectivity index (χ1n) is 6.75. The van der Waals surface area contributed by atoms with Crippen molar-refractivity contribution in [2.45, 2.75) is 6.42 Å². The number of hydrogen-bond donors (Lipinski definition) is 1. The Morgan fingerprint density at radius 2 is 2.09 bits per heavy atom. The van der Waals surface area contributed by atoms with Crippen LogP contribution in [0.4, 0.5) is 0 Å². The largest absolute Gasteiger partial charge is 0.461 e. The zero-order valence-corrected chi connectivity index (χ0v) is 13.2. The Labute approximate surface area is 135 Å². The molecule has 0 unspecified atom stereocenters. The fourth-order valence-electron chi connectivity index (χ4n) is 2.02. The fraction of sp³-hybridized carbons (Fsp3) is 0.125. The minimum absolute atomic E-state index is 0.237. The zero-order valence-electron chi connectivity index (χ0n) is 11.6. The summed E-state index contributed by atoms with van der Waals surface area (Å²) in [4.78, 5) is 12.0. The number of amides is 1. The standard InChI is InChI=1S/C16H13BrN2O3/c17-12-4-1-3-11(9-12)6-7-18-16(20)13-10-15(22-19-13)14-5-2-8-21-14/h1-5,8-10H,6-7H2,(H,18,20). The van der Waals surface area contributed by atoms with Gasteiger partial charge in [-0.25, -0.2) is 0 Å². The van der Waals surface area contributed by atoms with Gasteiger partial charge in [-0.1, -0.05) is 33.2 Å². The van der Waals surface area contributed by atoms with Gasteiger partial charge in [0.05, 0.1) is 6.26 Å². The number of furan rings is 1. The number of nitrogens with zero attached hydrogens (tertiary/aromatic N) is 1. The number of carbonyl (C=O) groups excluding carboxylic acids is 1. The lowest BCUT2D eigenvalue weighted by atomic mass is 10.1. The van der Waals surface area contributed by atoms with Crippen LogP contribution in [-0.2, 0) is 6.42 Å². The van der Waals surface area contributed by atoms with Gasteiger partial charge in [0.2, 0.25) is 5.76 Å². The number of halogens is 1. The normalized spacial score (nSPS) is 10.6. The molecule has 0 aliphatic carbocycles. The van der Waals surface area contributed by atoms with Gasteiger partial charge >= 0.3 is 0 Å². The predicted molar refractivity (Wildman–Crippen MR) is 84.4 cm³/mol.